The molecular weight excluding hydrogens is 378 g/mol. The van der Waals surface area contributed by atoms with Crippen LogP contribution in [0.4, 0.5) is 0 Å². The van der Waals surface area contributed by atoms with E-state index in [1.165, 1.54) is 5.56 Å². The predicted molar refractivity (Wildman–Crippen MR) is 109 cm³/mol. The Labute approximate surface area is 170 Å². The molecule has 2 aromatic carbocycles. The Morgan fingerprint density at radius 2 is 1.64 bits per heavy atom. The van der Waals surface area contributed by atoms with Crippen LogP contribution in [-0.2, 0) is 6.54 Å². The molecule has 2 aromatic rings. The van der Waals surface area contributed by atoms with Crippen LogP contribution in [0.5, 0.6) is 23.0 Å². The molecule has 0 spiro atoms. The van der Waals surface area contributed by atoms with E-state index in [4.69, 9.17) is 30.5 Å². The second-order valence-electron chi connectivity index (χ2n) is 7.46. The van der Waals surface area contributed by atoms with Gasteiger partial charge in [0.2, 0.25) is 0 Å². The van der Waals surface area contributed by atoms with Gasteiger partial charge in [0.25, 0.3) is 0 Å². The van der Waals surface area contributed by atoms with Crippen LogP contribution >= 0.6 is 11.6 Å². The van der Waals surface area contributed by atoms with Crippen molar-refractivity contribution in [1.29, 1.82) is 0 Å². The maximum Gasteiger partial charge on any atom is 0.179 e. The van der Waals surface area contributed by atoms with Crippen molar-refractivity contribution in [2.45, 2.75) is 32.9 Å². The molecule has 2 heterocycles. The monoisotopic (exact) mass is 403 g/mol. The van der Waals surface area contributed by atoms with Gasteiger partial charge in [-0.1, -0.05) is 31.5 Å². The number of halogens is 1. The first kappa shape index (κ1) is 19.2. The Balaban J connectivity index is 1.52. The Bertz CT molecular complexity index is 840. The first-order valence-corrected chi connectivity index (χ1v) is 10.2. The molecule has 28 heavy (non-hydrogen) atoms. The average molecular weight is 404 g/mol. The van der Waals surface area contributed by atoms with Gasteiger partial charge in [0.15, 0.2) is 23.0 Å². The first-order valence-electron chi connectivity index (χ1n) is 9.83. The summed E-state index contributed by atoms with van der Waals surface area (Å²) in [7, 11) is 0. The molecule has 1 N–H and O–H groups in total. The minimum atomic E-state index is 0.172. The third-order valence-electron chi connectivity index (χ3n) is 4.98. The molecule has 0 radical (unpaired) electrons. The van der Waals surface area contributed by atoms with Crippen molar-refractivity contribution in [3.05, 3.63) is 46.5 Å². The summed E-state index contributed by atoms with van der Waals surface area (Å²) >= 11 is 6.43. The lowest BCUT2D eigenvalue weighted by Gasteiger charge is -2.26. The van der Waals surface area contributed by atoms with Crippen molar-refractivity contribution in [3.63, 3.8) is 0 Å². The summed E-state index contributed by atoms with van der Waals surface area (Å²) < 4.78 is 22.9. The minimum absolute atomic E-state index is 0.172. The number of rotatable bonds is 5. The molecule has 0 amide bonds. The summed E-state index contributed by atoms with van der Waals surface area (Å²) in [6, 6.07) is 10.3. The van der Waals surface area contributed by atoms with Crippen LogP contribution in [0.1, 0.15) is 37.4 Å². The molecule has 0 saturated carbocycles. The van der Waals surface area contributed by atoms with Crippen molar-refractivity contribution < 1.29 is 18.9 Å². The molecule has 2 aliphatic rings. The van der Waals surface area contributed by atoms with Gasteiger partial charge in [0.1, 0.15) is 13.2 Å². The maximum absolute atomic E-state index is 6.43. The summed E-state index contributed by atoms with van der Waals surface area (Å²) in [5, 5.41) is 4.25. The highest BCUT2D eigenvalue weighted by Crippen LogP contribution is 2.38. The highest BCUT2D eigenvalue weighted by atomic mass is 35.5. The zero-order chi connectivity index (χ0) is 19.5. The van der Waals surface area contributed by atoms with Crippen LogP contribution in [0.15, 0.2) is 30.3 Å². The van der Waals surface area contributed by atoms with Gasteiger partial charge in [0, 0.05) is 19.0 Å². The lowest BCUT2D eigenvalue weighted by Crippen LogP contribution is -2.26. The molecule has 4 rings (SSSR count). The molecular formula is C22H26ClNO4. The van der Waals surface area contributed by atoms with E-state index in [1.54, 1.807) is 0 Å². The van der Waals surface area contributed by atoms with E-state index in [-0.39, 0.29) is 6.04 Å². The molecule has 1 atom stereocenters. The predicted octanol–water partition coefficient (Wildman–Crippen LogP) is 4.76. The van der Waals surface area contributed by atoms with Gasteiger partial charge in [-0.15, -0.1) is 0 Å². The Kier molecular flexibility index (Phi) is 5.83. The molecule has 2 aliphatic heterocycles. The zero-order valence-corrected chi connectivity index (χ0v) is 17.1. The van der Waals surface area contributed by atoms with Crippen LogP contribution in [0.3, 0.4) is 0 Å². The highest BCUT2D eigenvalue weighted by Gasteiger charge is 2.21. The summed E-state index contributed by atoms with van der Waals surface area (Å²) in [6.45, 7) is 7.55. The molecule has 0 aromatic heterocycles. The van der Waals surface area contributed by atoms with Crippen molar-refractivity contribution in [2.75, 3.05) is 26.4 Å². The third kappa shape index (κ3) is 4.15. The fraction of sp³-hybridized carbons (Fsp3) is 0.455. The number of benzene rings is 2. The molecule has 5 nitrogen and oxygen atoms in total. The van der Waals surface area contributed by atoms with Gasteiger partial charge in [-0.3, -0.25) is 0 Å². The molecule has 0 aliphatic carbocycles. The van der Waals surface area contributed by atoms with E-state index >= 15 is 0 Å². The third-order valence-corrected chi connectivity index (χ3v) is 5.26. The van der Waals surface area contributed by atoms with Crippen LogP contribution in [0, 0.1) is 5.92 Å². The molecule has 0 unspecified atom stereocenters. The summed E-state index contributed by atoms with van der Waals surface area (Å²) in [6.07, 6.45) is 0.859. The molecule has 6 heteroatoms. The van der Waals surface area contributed by atoms with Crippen LogP contribution in [-0.4, -0.2) is 26.4 Å². The SMILES string of the molecule is CC(C)[C@H](NCc1cc(Cl)c2c(c1)OCCCO2)c1ccc2c(c1)OCCO2. The number of hydrogen-bond donors (Lipinski definition) is 1. The Hall–Kier alpha value is -2.11. The second kappa shape index (κ2) is 8.50. The maximum atomic E-state index is 6.43. The second-order valence-corrected chi connectivity index (χ2v) is 7.87. The van der Waals surface area contributed by atoms with E-state index in [0.717, 1.165) is 29.2 Å². The summed E-state index contributed by atoms with van der Waals surface area (Å²) in [4.78, 5) is 0. The van der Waals surface area contributed by atoms with Crippen molar-refractivity contribution in [1.82, 2.24) is 5.32 Å². The highest BCUT2D eigenvalue weighted by molar-refractivity contribution is 6.32. The normalized spacial score (nSPS) is 16.6. The fourth-order valence-electron chi connectivity index (χ4n) is 3.61. The zero-order valence-electron chi connectivity index (χ0n) is 16.3. The van der Waals surface area contributed by atoms with E-state index in [1.807, 2.05) is 18.2 Å². The van der Waals surface area contributed by atoms with Crippen molar-refractivity contribution in [2.24, 2.45) is 5.92 Å². The van der Waals surface area contributed by atoms with Gasteiger partial charge in [-0.25, -0.2) is 0 Å². The van der Waals surface area contributed by atoms with E-state index < -0.39 is 0 Å². The lowest BCUT2D eigenvalue weighted by molar-refractivity contribution is 0.171. The molecule has 0 saturated heterocycles. The molecule has 0 fully saturated rings. The number of ether oxygens (including phenoxy) is 4. The summed E-state index contributed by atoms with van der Waals surface area (Å²) in [5.74, 6) is 3.40. The molecule has 150 valence electrons. The average Bonchev–Trinajstić information content (AvgIpc) is 2.94. The van der Waals surface area contributed by atoms with Gasteiger partial charge in [-0.05, 0) is 41.3 Å². The van der Waals surface area contributed by atoms with E-state index in [0.29, 0.717) is 49.7 Å². The number of nitrogens with one attached hydrogen (secondary N) is 1. The largest absolute Gasteiger partial charge is 0.489 e. The standard InChI is InChI=1S/C22H26ClNO4/c1-14(2)21(16-4-5-18-19(12-16)27-9-8-26-18)24-13-15-10-17(23)22-20(11-15)25-6-3-7-28-22/h4-5,10-12,14,21,24H,3,6-9,13H2,1-2H3/t21-/m0/s1. The van der Waals surface area contributed by atoms with Crippen LogP contribution in [0.2, 0.25) is 5.02 Å². The Morgan fingerprint density at radius 3 is 2.46 bits per heavy atom. The fourth-order valence-corrected chi connectivity index (χ4v) is 3.89. The topological polar surface area (TPSA) is 49.0 Å². The van der Waals surface area contributed by atoms with E-state index in [2.05, 4.69) is 31.3 Å². The Morgan fingerprint density at radius 1 is 0.893 bits per heavy atom. The quantitative estimate of drug-likeness (QED) is 0.780. The first-order chi connectivity index (χ1) is 13.6. The van der Waals surface area contributed by atoms with Crippen LogP contribution < -0.4 is 24.3 Å². The van der Waals surface area contributed by atoms with Gasteiger partial charge in [-0.2, -0.15) is 0 Å². The van der Waals surface area contributed by atoms with Gasteiger partial charge < -0.3 is 24.3 Å². The number of hydrogen-bond acceptors (Lipinski definition) is 5. The molecule has 0 bridgehead atoms. The number of fused-ring (bicyclic) bond motifs is 2. The van der Waals surface area contributed by atoms with E-state index in [9.17, 15) is 0 Å². The van der Waals surface area contributed by atoms with Gasteiger partial charge >= 0.3 is 0 Å². The smallest absolute Gasteiger partial charge is 0.179 e. The van der Waals surface area contributed by atoms with Crippen molar-refractivity contribution >= 4 is 11.6 Å². The minimum Gasteiger partial charge on any atom is -0.489 e. The lowest BCUT2D eigenvalue weighted by atomic mass is 9.95. The van der Waals surface area contributed by atoms with Crippen LogP contribution in [0.25, 0.3) is 0 Å². The van der Waals surface area contributed by atoms with Gasteiger partial charge in [0.05, 0.1) is 18.2 Å². The summed E-state index contributed by atoms with van der Waals surface area (Å²) in [5.41, 5.74) is 2.25. The van der Waals surface area contributed by atoms with Crippen molar-refractivity contribution in [3.8, 4) is 23.0 Å².